The van der Waals surface area contributed by atoms with Gasteiger partial charge >= 0.3 is 5.97 Å². The molecular weight excluding hydrogens is 362 g/mol. The van der Waals surface area contributed by atoms with E-state index in [1.165, 1.54) is 14.0 Å². The lowest BCUT2D eigenvalue weighted by Crippen LogP contribution is -2.59. The van der Waals surface area contributed by atoms with Gasteiger partial charge in [-0.05, 0) is 36.8 Å². The van der Waals surface area contributed by atoms with E-state index >= 15 is 0 Å². The number of nitrogens with one attached hydrogen (secondary N) is 1. The van der Waals surface area contributed by atoms with Gasteiger partial charge in [0.15, 0.2) is 6.10 Å². The Bertz CT molecular complexity index is 624. The van der Waals surface area contributed by atoms with Crippen molar-refractivity contribution >= 4 is 23.4 Å². The summed E-state index contributed by atoms with van der Waals surface area (Å²) in [6.07, 6.45) is -5.36. The number of hydrogen-bond donors (Lipinski definition) is 3. The van der Waals surface area contributed by atoms with Crippen molar-refractivity contribution < 1.29 is 34.0 Å². The molecule has 1 aliphatic rings. The Morgan fingerprint density at radius 3 is 2.50 bits per heavy atom. The van der Waals surface area contributed by atoms with E-state index < -0.39 is 36.7 Å². The van der Waals surface area contributed by atoms with Crippen LogP contribution in [0.1, 0.15) is 19.4 Å². The molecule has 5 atom stereocenters. The van der Waals surface area contributed by atoms with Crippen molar-refractivity contribution in [3.8, 4) is 5.75 Å². The van der Waals surface area contributed by atoms with Crippen LogP contribution < -0.4 is 10.1 Å². The van der Waals surface area contributed by atoms with E-state index in [2.05, 4.69) is 5.32 Å². The number of carbonyl (C=O) groups excluding carboxylic acids is 1. The largest absolute Gasteiger partial charge is 0.474 e. The highest BCUT2D eigenvalue weighted by molar-refractivity contribution is 7.80. The number of thiocarbonyl (C=S) groups is 1. The summed E-state index contributed by atoms with van der Waals surface area (Å²) in [6, 6.07) is 7.05. The molecule has 0 saturated carbocycles. The minimum absolute atomic E-state index is 0.300. The second kappa shape index (κ2) is 9.13. The molecule has 8 nitrogen and oxygen atoms in total. The monoisotopic (exact) mass is 385 g/mol. The van der Waals surface area contributed by atoms with Crippen molar-refractivity contribution in [1.82, 2.24) is 5.32 Å². The number of carbonyl (C=O) groups is 1. The van der Waals surface area contributed by atoms with Gasteiger partial charge in [0.1, 0.15) is 18.0 Å². The molecule has 0 amide bonds. The third-order valence-electron chi connectivity index (χ3n) is 3.88. The van der Waals surface area contributed by atoms with Crippen LogP contribution in [0.2, 0.25) is 0 Å². The molecule has 0 aliphatic carbocycles. The Morgan fingerprint density at radius 1 is 1.27 bits per heavy atom. The average Bonchev–Trinajstić information content (AvgIpc) is 2.62. The highest BCUT2D eigenvalue weighted by atomic mass is 32.1. The van der Waals surface area contributed by atoms with Crippen LogP contribution >= 0.6 is 12.2 Å². The molecule has 1 aromatic rings. The number of esters is 1. The molecule has 1 aliphatic heterocycles. The maximum absolute atomic E-state index is 11.1. The SMILES string of the molecule is COC(=S)NCc1ccc(O[C@H]2O[C@H](C)[C@@H](OC(C)=O)[C@H](O)[C@H]2O)cc1. The summed E-state index contributed by atoms with van der Waals surface area (Å²) in [5, 5.41) is 23.6. The number of hydrogen-bond acceptors (Lipinski definition) is 8. The van der Waals surface area contributed by atoms with Gasteiger partial charge in [-0.2, -0.15) is 0 Å². The molecule has 144 valence electrons. The van der Waals surface area contributed by atoms with E-state index in [0.29, 0.717) is 17.5 Å². The topological polar surface area (TPSA) is 106 Å². The summed E-state index contributed by atoms with van der Waals surface area (Å²) in [6.45, 7) is 3.35. The van der Waals surface area contributed by atoms with Crippen LogP contribution in [0.25, 0.3) is 0 Å². The van der Waals surface area contributed by atoms with Gasteiger partial charge in [0, 0.05) is 13.5 Å². The number of aliphatic hydroxyl groups is 2. The van der Waals surface area contributed by atoms with Gasteiger partial charge in [-0.25, -0.2) is 0 Å². The van der Waals surface area contributed by atoms with Crippen molar-refractivity contribution in [3.05, 3.63) is 29.8 Å². The molecule has 0 bridgehead atoms. The minimum Gasteiger partial charge on any atom is -0.474 e. The molecule has 9 heteroatoms. The lowest BCUT2D eigenvalue weighted by molar-refractivity contribution is -0.272. The van der Waals surface area contributed by atoms with E-state index in [1.54, 1.807) is 19.1 Å². The summed E-state index contributed by atoms with van der Waals surface area (Å²) in [5.74, 6) is -0.106. The van der Waals surface area contributed by atoms with Gasteiger partial charge in [0.25, 0.3) is 5.17 Å². The number of rotatable bonds is 5. The smallest absolute Gasteiger partial charge is 0.303 e. The summed E-state index contributed by atoms with van der Waals surface area (Å²) in [7, 11) is 1.49. The maximum atomic E-state index is 11.1. The van der Waals surface area contributed by atoms with Crippen LogP contribution in [0.4, 0.5) is 0 Å². The Kier molecular flexibility index (Phi) is 7.15. The van der Waals surface area contributed by atoms with E-state index in [9.17, 15) is 15.0 Å². The van der Waals surface area contributed by atoms with Crippen LogP contribution in [0.15, 0.2) is 24.3 Å². The fourth-order valence-corrected chi connectivity index (χ4v) is 2.60. The number of methoxy groups -OCH3 is 1. The average molecular weight is 385 g/mol. The summed E-state index contributed by atoms with van der Waals surface area (Å²) < 4.78 is 21.0. The summed E-state index contributed by atoms with van der Waals surface area (Å²) in [4.78, 5) is 11.1. The molecule has 1 fully saturated rings. The van der Waals surface area contributed by atoms with E-state index in [-0.39, 0.29) is 0 Å². The molecule has 0 unspecified atom stereocenters. The van der Waals surface area contributed by atoms with Crippen molar-refractivity contribution in [3.63, 3.8) is 0 Å². The summed E-state index contributed by atoms with van der Waals surface area (Å²) >= 11 is 4.90. The van der Waals surface area contributed by atoms with Crippen molar-refractivity contribution in [2.24, 2.45) is 0 Å². The van der Waals surface area contributed by atoms with Crippen LogP contribution in [0.5, 0.6) is 5.75 Å². The zero-order valence-electron chi connectivity index (χ0n) is 14.7. The molecule has 1 saturated heterocycles. The van der Waals surface area contributed by atoms with Crippen LogP contribution in [-0.2, 0) is 25.5 Å². The molecular formula is C17H23NO7S. The van der Waals surface area contributed by atoms with Gasteiger partial charge in [0.05, 0.1) is 13.2 Å². The molecule has 1 aromatic carbocycles. The molecule has 2 rings (SSSR count). The highest BCUT2D eigenvalue weighted by Gasteiger charge is 2.45. The highest BCUT2D eigenvalue weighted by Crippen LogP contribution is 2.26. The lowest BCUT2D eigenvalue weighted by Gasteiger charge is -2.40. The lowest BCUT2D eigenvalue weighted by atomic mass is 9.99. The fraction of sp³-hybridized carbons (Fsp3) is 0.529. The first kappa shape index (κ1) is 20.4. The van der Waals surface area contributed by atoms with E-state index in [0.717, 1.165) is 5.56 Å². The Labute approximate surface area is 157 Å². The molecule has 0 aromatic heterocycles. The van der Waals surface area contributed by atoms with Gasteiger partial charge < -0.3 is 34.5 Å². The Morgan fingerprint density at radius 2 is 1.92 bits per heavy atom. The van der Waals surface area contributed by atoms with Crippen LogP contribution in [0, 0.1) is 0 Å². The number of aliphatic hydroxyl groups excluding tert-OH is 2. The zero-order valence-corrected chi connectivity index (χ0v) is 15.6. The van der Waals surface area contributed by atoms with Crippen molar-refractivity contribution in [2.45, 2.75) is 51.1 Å². The van der Waals surface area contributed by atoms with Gasteiger partial charge in [-0.15, -0.1) is 0 Å². The second-order valence-electron chi connectivity index (χ2n) is 5.87. The molecule has 1 heterocycles. The Hall–Kier alpha value is -1.94. The quantitative estimate of drug-likeness (QED) is 0.493. The van der Waals surface area contributed by atoms with Crippen LogP contribution in [-0.4, -0.2) is 59.2 Å². The van der Waals surface area contributed by atoms with Gasteiger partial charge in [-0.3, -0.25) is 4.79 Å². The first-order valence-electron chi connectivity index (χ1n) is 8.08. The molecule has 26 heavy (non-hydrogen) atoms. The fourth-order valence-electron chi connectivity index (χ4n) is 2.52. The third kappa shape index (κ3) is 5.28. The van der Waals surface area contributed by atoms with Gasteiger partial charge in [-0.1, -0.05) is 12.1 Å². The van der Waals surface area contributed by atoms with Gasteiger partial charge in [0.2, 0.25) is 6.29 Å². The van der Waals surface area contributed by atoms with Crippen LogP contribution in [0.3, 0.4) is 0 Å². The first-order chi connectivity index (χ1) is 12.3. The predicted octanol–water partition coefficient (Wildman–Crippen LogP) is 0.485. The van der Waals surface area contributed by atoms with E-state index in [4.69, 9.17) is 31.2 Å². The zero-order chi connectivity index (χ0) is 19.3. The van der Waals surface area contributed by atoms with Crippen molar-refractivity contribution in [2.75, 3.05) is 7.11 Å². The molecule has 0 spiro atoms. The third-order valence-corrected chi connectivity index (χ3v) is 4.19. The Balaban J connectivity index is 1.95. The maximum Gasteiger partial charge on any atom is 0.303 e. The summed E-state index contributed by atoms with van der Waals surface area (Å²) in [5.41, 5.74) is 0.949. The second-order valence-corrected chi connectivity index (χ2v) is 6.24. The predicted molar refractivity (Wildman–Crippen MR) is 95.4 cm³/mol. The number of benzene rings is 1. The van der Waals surface area contributed by atoms with E-state index in [1.807, 2.05) is 12.1 Å². The van der Waals surface area contributed by atoms with Crippen molar-refractivity contribution in [1.29, 1.82) is 0 Å². The molecule has 0 radical (unpaired) electrons. The minimum atomic E-state index is -1.36. The first-order valence-corrected chi connectivity index (χ1v) is 8.49. The normalized spacial score (nSPS) is 28.1. The number of ether oxygens (including phenoxy) is 4. The molecule has 3 N–H and O–H groups in total. The standard InChI is InChI=1S/C17H23NO7S/c1-9-15(24-10(2)19)13(20)14(21)16(23-9)25-12-6-4-11(5-7-12)8-18-17(26)22-3/h4-7,9,13-16,20-21H,8H2,1-3H3,(H,18,26)/t9-,13-,14-,15-,16-/m1/s1.